The third-order valence-corrected chi connectivity index (χ3v) is 2.08. The molecule has 0 rings (SSSR count). The Labute approximate surface area is 71.7 Å². The van der Waals surface area contributed by atoms with Gasteiger partial charge in [0.25, 0.3) is 0 Å². The third-order valence-electron chi connectivity index (χ3n) is 2.08. The van der Waals surface area contributed by atoms with Crippen LogP contribution in [0.5, 0.6) is 0 Å². The Hall–Kier alpha value is -0.260. The normalized spacial score (nSPS) is 13.0. The molecule has 0 fully saturated rings. The molecule has 0 radical (unpaired) electrons. The Morgan fingerprint density at radius 1 is 1.36 bits per heavy atom. The molecule has 0 aliphatic carbocycles. The Morgan fingerprint density at radius 2 is 2.00 bits per heavy atom. The van der Waals surface area contributed by atoms with Crippen LogP contribution in [0.15, 0.2) is 12.2 Å². The molecule has 11 heavy (non-hydrogen) atoms. The van der Waals surface area contributed by atoms with Gasteiger partial charge in [-0.2, -0.15) is 0 Å². The van der Waals surface area contributed by atoms with Crippen LogP contribution in [0.25, 0.3) is 0 Å². The quantitative estimate of drug-likeness (QED) is 0.504. The van der Waals surface area contributed by atoms with Crippen molar-refractivity contribution < 1.29 is 0 Å². The topological polar surface area (TPSA) is 0 Å². The van der Waals surface area contributed by atoms with E-state index in [-0.39, 0.29) is 0 Å². The lowest BCUT2D eigenvalue weighted by Crippen LogP contribution is -1.93. The Morgan fingerprint density at radius 3 is 2.45 bits per heavy atom. The van der Waals surface area contributed by atoms with Gasteiger partial charge >= 0.3 is 0 Å². The molecule has 0 heteroatoms. The van der Waals surface area contributed by atoms with E-state index < -0.39 is 0 Å². The van der Waals surface area contributed by atoms with Crippen LogP contribution in [-0.2, 0) is 0 Å². The predicted octanol–water partition coefficient (Wildman–Crippen LogP) is 4.17. The molecule has 0 saturated heterocycles. The van der Waals surface area contributed by atoms with Crippen LogP contribution < -0.4 is 0 Å². The van der Waals surface area contributed by atoms with Gasteiger partial charge in [-0.25, -0.2) is 0 Å². The molecule has 0 N–H and O–H groups in total. The van der Waals surface area contributed by atoms with E-state index in [9.17, 15) is 0 Å². The molecule has 0 bridgehead atoms. The van der Waals surface area contributed by atoms with Crippen molar-refractivity contribution >= 4 is 0 Å². The monoisotopic (exact) mass is 154 g/mol. The smallest absolute Gasteiger partial charge is 0.0326 e. The summed E-state index contributed by atoms with van der Waals surface area (Å²) < 4.78 is 0. The van der Waals surface area contributed by atoms with E-state index in [2.05, 4.69) is 27.4 Å². The van der Waals surface area contributed by atoms with E-state index in [1.54, 1.807) is 0 Å². The molecule has 0 aromatic carbocycles. The van der Waals surface area contributed by atoms with Crippen LogP contribution in [0.4, 0.5) is 0 Å². The molecule has 0 aromatic heterocycles. The number of rotatable bonds is 6. The first-order valence-corrected chi connectivity index (χ1v) is 4.81. The second kappa shape index (κ2) is 6.45. The summed E-state index contributed by atoms with van der Waals surface area (Å²) in [6, 6.07) is 0. The van der Waals surface area contributed by atoms with Gasteiger partial charge in [0.2, 0.25) is 0 Å². The zero-order valence-electron chi connectivity index (χ0n) is 8.32. The SMILES string of the molecule is C=C(C)CCCC(C)CCC. The van der Waals surface area contributed by atoms with E-state index >= 15 is 0 Å². The van der Waals surface area contributed by atoms with Crippen LogP contribution in [0.3, 0.4) is 0 Å². The van der Waals surface area contributed by atoms with Gasteiger partial charge in [0.05, 0.1) is 0 Å². The lowest BCUT2D eigenvalue weighted by atomic mass is 9.98. The fourth-order valence-corrected chi connectivity index (χ4v) is 1.39. The Bertz CT molecular complexity index is 103. The van der Waals surface area contributed by atoms with E-state index in [4.69, 9.17) is 0 Å². The van der Waals surface area contributed by atoms with E-state index in [1.165, 1.54) is 37.7 Å². The van der Waals surface area contributed by atoms with E-state index in [0.29, 0.717) is 0 Å². The van der Waals surface area contributed by atoms with Gasteiger partial charge in [-0.1, -0.05) is 38.7 Å². The maximum atomic E-state index is 3.90. The minimum absolute atomic E-state index is 0.916. The molecule has 1 atom stereocenters. The maximum absolute atomic E-state index is 3.90. The first-order valence-electron chi connectivity index (χ1n) is 4.81. The molecule has 0 aliphatic heterocycles. The summed E-state index contributed by atoms with van der Waals surface area (Å²) in [5, 5.41) is 0. The van der Waals surface area contributed by atoms with Gasteiger partial charge in [0.15, 0.2) is 0 Å². The highest BCUT2D eigenvalue weighted by Crippen LogP contribution is 2.15. The van der Waals surface area contributed by atoms with Gasteiger partial charge in [-0.3, -0.25) is 0 Å². The molecule has 0 spiro atoms. The minimum Gasteiger partial charge on any atom is -0.100 e. The fraction of sp³-hybridized carbons (Fsp3) is 0.818. The highest BCUT2D eigenvalue weighted by molar-refractivity contribution is 4.87. The zero-order valence-corrected chi connectivity index (χ0v) is 8.32. The summed E-state index contributed by atoms with van der Waals surface area (Å²) in [7, 11) is 0. The number of hydrogen-bond acceptors (Lipinski definition) is 0. The fourth-order valence-electron chi connectivity index (χ4n) is 1.39. The van der Waals surface area contributed by atoms with Crippen molar-refractivity contribution in [3.8, 4) is 0 Å². The van der Waals surface area contributed by atoms with E-state index in [0.717, 1.165) is 5.92 Å². The van der Waals surface area contributed by atoms with Gasteiger partial charge in [-0.15, -0.1) is 6.58 Å². The summed E-state index contributed by atoms with van der Waals surface area (Å²) in [4.78, 5) is 0. The third kappa shape index (κ3) is 7.64. The van der Waals surface area contributed by atoms with Crippen molar-refractivity contribution in [1.29, 1.82) is 0 Å². The first kappa shape index (κ1) is 10.7. The second-order valence-electron chi connectivity index (χ2n) is 3.74. The van der Waals surface area contributed by atoms with Crippen LogP contribution in [0.1, 0.15) is 52.9 Å². The van der Waals surface area contributed by atoms with E-state index in [1.807, 2.05) is 0 Å². The highest BCUT2D eigenvalue weighted by Gasteiger charge is 1.99. The van der Waals surface area contributed by atoms with Gasteiger partial charge < -0.3 is 0 Å². The number of hydrogen-bond donors (Lipinski definition) is 0. The molecular weight excluding hydrogens is 132 g/mol. The summed E-state index contributed by atoms with van der Waals surface area (Å²) in [6.45, 7) is 10.6. The van der Waals surface area contributed by atoms with Gasteiger partial charge in [0.1, 0.15) is 0 Å². The lowest BCUT2D eigenvalue weighted by molar-refractivity contribution is 0.469. The lowest BCUT2D eigenvalue weighted by Gasteiger charge is -2.08. The van der Waals surface area contributed by atoms with Crippen molar-refractivity contribution in [2.75, 3.05) is 0 Å². The molecule has 0 aliphatic rings. The van der Waals surface area contributed by atoms with Crippen LogP contribution in [0.2, 0.25) is 0 Å². The van der Waals surface area contributed by atoms with Crippen molar-refractivity contribution in [2.24, 2.45) is 5.92 Å². The molecule has 0 heterocycles. The second-order valence-corrected chi connectivity index (χ2v) is 3.74. The zero-order chi connectivity index (χ0) is 8.69. The largest absolute Gasteiger partial charge is 0.100 e. The van der Waals surface area contributed by atoms with Crippen molar-refractivity contribution in [2.45, 2.75) is 52.9 Å². The Balaban J connectivity index is 3.16. The van der Waals surface area contributed by atoms with Crippen LogP contribution in [0, 0.1) is 5.92 Å². The maximum Gasteiger partial charge on any atom is -0.0326 e. The standard InChI is InChI=1S/C11H22/c1-5-7-11(4)9-6-8-10(2)3/h11H,2,5-9H2,1,3-4H3. The molecule has 1 unspecified atom stereocenters. The summed E-state index contributed by atoms with van der Waals surface area (Å²) in [5.74, 6) is 0.916. The highest BCUT2D eigenvalue weighted by atomic mass is 14.0. The minimum atomic E-state index is 0.916. The summed E-state index contributed by atoms with van der Waals surface area (Å²) in [6.07, 6.45) is 6.63. The van der Waals surface area contributed by atoms with Crippen molar-refractivity contribution in [3.63, 3.8) is 0 Å². The van der Waals surface area contributed by atoms with Crippen LogP contribution in [-0.4, -0.2) is 0 Å². The molecule has 0 nitrogen and oxygen atoms in total. The molecule has 0 aromatic rings. The summed E-state index contributed by atoms with van der Waals surface area (Å²) in [5.41, 5.74) is 1.33. The van der Waals surface area contributed by atoms with Crippen LogP contribution >= 0.6 is 0 Å². The molecule has 0 amide bonds. The van der Waals surface area contributed by atoms with Crippen molar-refractivity contribution in [3.05, 3.63) is 12.2 Å². The van der Waals surface area contributed by atoms with Gasteiger partial charge in [0, 0.05) is 0 Å². The van der Waals surface area contributed by atoms with Gasteiger partial charge in [-0.05, 0) is 25.7 Å². The predicted molar refractivity (Wildman–Crippen MR) is 52.7 cm³/mol. The average molecular weight is 154 g/mol. The Kier molecular flexibility index (Phi) is 6.30. The first-order chi connectivity index (χ1) is 5.16. The average Bonchev–Trinajstić information content (AvgIpc) is 1.87. The molecular formula is C11H22. The van der Waals surface area contributed by atoms with Crippen molar-refractivity contribution in [1.82, 2.24) is 0 Å². The number of allylic oxidation sites excluding steroid dienone is 1. The summed E-state index contributed by atoms with van der Waals surface area (Å²) >= 11 is 0. The molecule has 0 saturated carbocycles. The molecule has 66 valence electrons.